The van der Waals surface area contributed by atoms with Crippen LogP contribution >= 0.6 is 24.0 Å². The molecule has 26 heavy (non-hydrogen) atoms. The van der Waals surface area contributed by atoms with Gasteiger partial charge in [0.2, 0.25) is 0 Å². The molecule has 1 atom stereocenters. The second-order valence-electron chi connectivity index (χ2n) is 7.54. The van der Waals surface area contributed by atoms with Gasteiger partial charge in [-0.05, 0) is 20.0 Å². The van der Waals surface area contributed by atoms with Gasteiger partial charge in [-0.15, -0.1) is 24.0 Å². The molecule has 2 rings (SSSR count). The fourth-order valence-electron chi connectivity index (χ4n) is 3.39. The zero-order chi connectivity index (χ0) is 18.4. The van der Waals surface area contributed by atoms with Gasteiger partial charge < -0.3 is 15.1 Å². The molecule has 1 aliphatic heterocycles. The molecule has 0 spiro atoms. The highest BCUT2D eigenvalue weighted by Gasteiger charge is 2.22. The largest absolute Gasteiger partial charge is 0.354 e. The van der Waals surface area contributed by atoms with Crippen LogP contribution in [0.4, 0.5) is 0 Å². The molecular formula is C18H36IN7. The van der Waals surface area contributed by atoms with Crippen molar-refractivity contribution < 1.29 is 0 Å². The molecule has 1 aromatic rings. The minimum Gasteiger partial charge on any atom is -0.354 e. The Hall–Kier alpha value is -0.870. The molecule has 0 aliphatic carbocycles. The zero-order valence-electron chi connectivity index (χ0n) is 17.1. The Morgan fingerprint density at radius 2 is 1.92 bits per heavy atom. The third kappa shape index (κ3) is 6.70. The van der Waals surface area contributed by atoms with Gasteiger partial charge in [-0.25, -0.2) is 0 Å². The number of rotatable bonds is 6. The van der Waals surface area contributed by atoms with Crippen LogP contribution < -0.4 is 5.32 Å². The lowest BCUT2D eigenvalue weighted by Crippen LogP contribution is -2.53. The van der Waals surface area contributed by atoms with Gasteiger partial charge in [-0.1, -0.05) is 13.8 Å². The first kappa shape index (κ1) is 23.2. The van der Waals surface area contributed by atoms with E-state index in [2.05, 4.69) is 64.2 Å². The van der Waals surface area contributed by atoms with Crippen molar-refractivity contribution in [3.8, 4) is 0 Å². The number of aromatic nitrogens is 2. The van der Waals surface area contributed by atoms with E-state index in [4.69, 9.17) is 0 Å². The summed E-state index contributed by atoms with van der Waals surface area (Å²) in [5, 5.41) is 7.87. The first-order chi connectivity index (χ1) is 11.9. The third-order valence-electron chi connectivity index (χ3n) is 4.69. The van der Waals surface area contributed by atoms with Crippen LogP contribution in [0.15, 0.2) is 17.4 Å². The maximum absolute atomic E-state index is 4.50. The number of nitrogens with one attached hydrogen (secondary N) is 1. The van der Waals surface area contributed by atoms with E-state index in [-0.39, 0.29) is 30.0 Å². The molecule has 1 aromatic heterocycles. The third-order valence-corrected chi connectivity index (χ3v) is 4.69. The molecule has 1 fully saturated rings. The Morgan fingerprint density at radius 3 is 2.38 bits per heavy atom. The van der Waals surface area contributed by atoms with Gasteiger partial charge in [0.15, 0.2) is 5.96 Å². The predicted octanol–water partition coefficient (Wildman–Crippen LogP) is 1.49. The van der Waals surface area contributed by atoms with Gasteiger partial charge in [0, 0.05) is 65.1 Å². The molecule has 1 saturated heterocycles. The van der Waals surface area contributed by atoms with Crippen molar-refractivity contribution in [1.82, 2.24) is 29.8 Å². The molecule has 1 aliphatic rings. The number of nitrogens with zero attached hydrogens (tertiary/aromatic N) is 6. The molecule has 2 heterocycles. The maximum atomic E-state index is 4.50. The van der Waals surface area contributed by atoms with E-state index in [1.165, 1.54) is 12.1 Å². The van der Waals surface area contributed by atoms with E-state index in [1.807, 2.05) is 25.0 Å². The van der Waals surface area contributed by atoms with E-state index in [1.54, 1.807) is 0 Å². The fraction of sp³-hybridized carbons (Fsp3) is 0.778. The molecule has 150 valence electrons. The molecule has 0 radical (unpaired) electrons. The van der Waals surface area contributed by atoms with Gasteiger partial charge in [0.25, 0.3) is 0 Å². The van der Waals surface area contributed by atoms with E-state index < -0.39 is 0 Å². The summed E-state index contributed by atoms with van der Waals surface area (Å²) in [5.41, 5.74) is 1.22. The first-order valence-electron chi connectivity index (χ1n) is 9.23. The maximum Gasteiger partial charge on any atom is 0.193 e. The summed E-state index contributed by atoms with van der Waals surface area (Å²) in [6.45, 7) is 10.9. The number of aryl methyl sites for hydroxylation is 1. The van der Waals surface area contributed by atoms with Gasteiger partial charge in [-0.3, -0.25) is 14.6 Å². The number of piperazine rings is 1. The lowest BCUT2D eigenvalue weighted by molar-refractivity contribution is 0.163. The lowest BCUT2D eigenvalue weighted by Gasteiger charge is -2.37. The lowest BCUT2D eigenvalue weighted by atomic mass is 10.1. The van der Waals surface area contributed by atoms with Crippen molar-refractivity contribution in [2.24, 2.45) is 18.0 Å². The summed E-state index contributed by atoms with van der Waals surface area (Å²) < 4.78 is 1.86. The highest BCUT2D eigenvalue weighted by Crippen LogP contribution is 2.16. The standard InChI is InChI=1S/C18H35N7.HI/c1-15(2)13-24-7-9-25(10-8-24)18(19-3)20-12-17(22(4)5)16-11-21-23(6)14-16;/h11,14-15,17H,7-10,12-13H2,1-6H3,(H,19,20);1H. The Labute approximate surface area is 175 Å². The van der Waals surface area contributed by atoms with Gasteiger partial charge in [-0.2, -0.15) is 5.10 Å². The predicted molar refractivity (Wildman–Crippen MR) is 119 cm³/mol. The molecule has 8 heteroatoms. The summed E-state index contributed by atoms with van der Waals surface area (Å²) >= 11 is 0. The van der Waals surface area contributed by atoms with Gasteiger partial charge >= 0.3 is 0 Å². The van der Waals surface area contributed by atoms with Crippen molar-refractivity contribution in [2.45, 2.75) is 19.9 Å². The second kappa shape index (κ2) is 11.1. The SMILES string of the molecule is CN=C(NCC(c1cnn(C)c1)N(C)C)N1CCN(CC(C)C)CC1.I. The molecule has 7 nitrogen and oxygen atoms in total. The molecule has 0 saturated carbocycles. The summed E-state index contributed by atoms with van der Waals surface area (Å²) in [5.74, 6) is 1.73. The van der Waals surface area contributed by atoms with Crippen LogP contribution in [0, 0.1) is 5.92 Å². The average Bonchev–Trinajstić information content (AvgIpc) is 2.98. The normalized spacial score (nSPS) is 17.5. The Kier molecular flexibility index (Phi) is 9.88. The topological polar surface area (TPSA) is 51.9 Å². The van der Waals surface area contributed by atoms with Crippen LogP contribution in [-0.4, -0.2) is 90.9 Å². The highest BCUT2D eigenvalue weighted by molar-refractivity contribution is 14.0. The fourth-order valence-corrected chi connectivity index (χ4v) is 3.39. The summed E-state index contributed by atoms with van der Waals surface area (Å²) in [4.78, 5) is 11.6. The molecule has 0 bridgehead atoms. The number of hydrogen-bond donors (Lipinski definition) is 1. The van der Waals surface area contributed by atoms with Crippen LogP contribution in [0.25, 0.3) is 0 Å². The zero-order valence-corrected chi connectivity index (χ0v) is 19.5. The smallest absolute Gasteiger partial charge is 0.193 e. The van der Waals surface area contributed by atoms with Crippen LogP contribution in [0.2, 0.25) is 0 Å². The molecule has 0 aromatic carbocycles. The van der Waals surface area contributed by atoms with Crippen LogP contribution in [0.5, 0.6) is 0 Å². The molecule has 1 N–H and O–H groups in total. The Morgan fingerprint density at radius 1 is 1.27 bits per heavy atom. The van der Waals surface area contributed by atoms with Gasteiger partial charge in [0.1, 0.15) is 0 Å². The Bertz CT molecular complexity index is 547. The summed E-state index contributed by atoms with van der Waals surface area (Å²) in [6, 6.07) is 0.271. The van der Waals surface area contributed by atoms with Crippen molar-refractivity contribution >= 4 is 29.9 Å². The van der Waals surface area contributed by atoms with E-state index in [9.17, 15) is 0 Å². The van der Waals surface area contributed by atoms with E-state index in [0.29, 0.717) is 0 Å². The van der Waals surface area contributed by atoms with E-state index in [0.717, 1.165) is 44.6 Å². The minimum absolute atomic E-state index is 0. The number of halogens is 1. The van der Waals surface area contributed by atoms with Crippen molar-refractivity contribution in [3.63, 3.8) is 0 Å². The van der Waals surface area contributed by atoms with Crippen molar-refractivity contribution in [1.29, 1.82) is 0 Å². The van der Waals surface area contributed by atoms with Crippen molar-refractivity contribution in [3.05, 3.63) is 18.0 Å². The van der Waals surface area contributed by atoms with Crippen LogP contribution in [0.3, 0.4) is 0 Å². The number of guanidine groups is 1. The van der Waals surface area contributed by atoms with Crippen molar-refractivity contribution in [2.75, 3.05) is 60.4 Å². The first-order valence-corrected chi connectivity index (χ1v) is 9.23. The van der Waals surface area contributed by atoms with Gasteiger partial charge in [0.05, 0.1) is 12.2 Å². The summed E-state index contributed by atoms with van der Waals surface area (Å²) in [6.07, 6.45) is 4.03. The summed E-state index contributed by atoms with van der Waals surface area (Å²) in [7, 11) is 8.04. The Balaban J connectivity index is 0.00000338. The van der Waals surface area contributed by atoms with Crippen LogP contribution in [0.1, 0.15) is 25.5 Å². The highest BCUT2D eigenvalue weighted by atomic mass is 127. The monoisotopic (exact) mass is 477 g/mol. The second-order valence-corrected chi connectivity index (χ2v) is 7.54. The van der Waals surface area contributed by atoms with E-state index >= 15 is 0 Å². The molecule has 0 amide bonds. The average molecular weight is 477 g/mol. The molecular weight excluding hydrogens is 441 g/mol. The number of likely N-dealkylation sites (N-methyl/N-ethyl adjacent to an activating group) is 1. The van der Waals surface area contributed by atoms with Crippen LogP contribution in [-0.2, 0) is 7.05 Å². The number of hydrogen-bond acceptors (Lipinski definition) is 4. The molecule has 1 unspecified atom stereocenters. The quantitative estimate of drug-likeness (QED) is 0.383. The minimum atomic E-state index is 0. The number of aliphatic imine (C=N–C) groups is 1.